The molecular formula is C3H3ClFNO2. The number of halogens is 2. The summed E-state index contributed by atoms with van der Waals surface area (Å²) in [5.41, 5.74) is 0. The predicted molar refractivity (Wildman–Crippen MR) is 24.5 cm³/mol. The van der Waals surface area contributed by atoms with E-state index >= 15 is 0 Å². The molecule has 0 aliphatic heterocycles. The molecule has 8 heavy (non-hydrogen) atoms. The first-order valence-corrected chi connectivity index (χ1v) is 1.94. The van der Waals surface area contributed by atoms with Gasteiger partial charge in [-0.2, -0.15) is 0 Å². The highest BCUT2D eigenvalue weighted by Gasteiger charge is 1.59. The summed E-state index contributed by atoms with van der Waals surface area (Å²) in [6.07, 6.45) is 4.47. The van der Waals surface area contributed by atoms with Gasteiger partial charge in [-0.25, -0.2) is 4.98 Å². The summed E-state index contributed by atoms with van der Waals surface area (Å²) in [5.74, 6) is 0. The molecule has 1 heterocycles. The van der Waals surface area contributed by atoms with Crippen molar-refractivity contribution >= 4 is 11.9 Å². The van der Waals surface area contributed by atoms with Crippen molar-refractivity contribution in [2.24, 2.45) is 0 Å². The molecule has 0 unspecified atom stereocenters. The van der Waals surface area contributed by atoms with Crippen molar-refractivity contribution in [2.45, 2.75) is 0 Å². The molecule has 0 bridgehead atoms. The Morgan fingerprint density at radius 3 is 2.50 bits per heavy atom. The minimum atomic E-state index is 1.38. The van der Waals surface area contributed by atoms with E-state index in [2.05, 4.69) is 25.8 Å². The largest absolute Gasteiger partial charge is 0.452 e. The smallest absolute Gasteiger partial charge is 0.180 e. The van der Waals surface area contributed by atoms with Crippen LogP contribution in [0.5, 0.6) is 0 Å². The number of hydrogen-bond acceptors (Lipinski definition) is 3. The van der Waals surface area contributed by atoms with E-state index in [0.717, 1.165) is 0 Å². The number of nitrogens with zero attached hydrogens (tertiary/aromatic N) is 1. The molecule has 0 spiro atoms. The molecule has 0 saturated heterocycles. The van der Waals surface area contributed by atoms with Crippen LogP contribution < -0.4 is 0 Å². The van der Waals surface area contributed by atoms with Crippen LogP contribution >= 0.6 is 11.9 Å². The van der Waals surface area contributed by atoms with Crippen LogP contribution in [0.2, 0.25) is 0 Å². The zero-order chi connectivity index (χ0) is 6.24. The molecule has 46 valence electrons. The minimum Gasteiger partial charge on any atom is -0.452 e. The van der Waals surface area contributed by atoms with Gasteiger partial charge < -0.3 is 4.42 Å². The fourth-order valence-electron chi connectivity index (χ4n) is 0.176. The Bertz CT molecular complexity index is 84.2. The van der Waals surface area contributed by atoms with Gasteiger partial charge >= 0.3 is 0 Å². The lowest BCUT2D eigenvalue weighted by atomic mass is 11.0. The van der Waals surface area contributed by atoms with Gasteiger partial charge in [0.1, 0.15) is 18.1 Å². The van der Waals surface area contributed by atoms with E-state index < -0.39 is 0 Å². The van der Waals surface area contributed by atoms with Gasteiger partial charge in [-0.05, 0) is 4.53 Å². The first-order chi connectivity index (χ1) is 3.91. The van der Waals surface area contributed by atoms with Crippen molar-refractivity contribution < 1.29 is 13.4 Å². The molecule has 0 radical (unpaired) electrons. The van der Waals surface area contributed by atoms with E-state index in [-0.39, 0.29) is 0 Å². The fourth-order valence-corrected chi connectivity index (χ4v) is 0.176. The minimum absolute atomic E-state index is 1.38. The van der Waals surface area contributed by atoms with Crippen LogP contribution in [0.25, 0.3) is 0 Å². The molecule has 3 nitrogen and oxygen atoms in total. The molecule has 1 aromatic heterocycles. The van der Waals surface area contributed by atoms with E-state index in [0.29, 0.717) is 0 Å². The van der Waals surface area contributed by atoms with Crippen molar-refractivity contribution in [1.29, 1.82) is 0 Å². The van der Waals surface area contributed by atoms with Crippen LogP contribution in [0.15, 0.2) is 23.3 Å². The monoisotopic (exact) mass is 139 g/mol. The van der Waals surface area contributed by atoms with Gasteiger partial charge in [-0.1, -0.05) is 4.49 Å². The van der Waals surface area contributed by atoms with E-state index in [1.165, 1.54) is 12.7 Å². The molecule has 0 fully saturated rings. The zero-order valence-corrected chi connectivity index (χ0v) is 4.51. The number of hydrogen-bond donors (Lipinski definition) is 0. The molecule has 0 aliphatic rings. The van der Waals surface area contributed by atoms with Crippen molar-refractivity contribution in [3.8, 4) is 0 Å². The molecule has 5 heteroatoms. The lowest BCUT2D eigenvalue weighted by Crippen LogP contribution is -1.38. The second-order valence-corrected chi connectivity index (χ2v) is 0.851. The van der Waals surface area contributed by atoms with Crippen LogP contribution in [0.3, 0.4) is 0 Å². The van der Waals surface area contributed by atoms with Crippen LogP contribution in [0.1, 0.15) is 0 Å². The SMILES string of the molecule is FOCl.c1cocn1. The van der Waals surface area contributed by atoms with Crippen molar-refractivity contribution in [1.82, 2.24) is 4.98 Å². The Hall–Kier alpha value is -0.610. The molecular weight excluding hydrogens is 136 g/mol. The van der Waals surface area contributed by atoms with Gasteiger partial charge in [0.15, 0.2) is 6.39 Å². The lowest BCUT2D eigenvalue weighted by molar-refractivity contribution is 0.00645. The van der Waals surface area contributed by atoms with E-state index in [4.69, 9.17) is 0 Å². The Labute approximate surface area is 50.1 Å². The maximum atomic E-state index is 9.56. The van der Waals surface area contributed by atoms with Gasteiger partial charge in [-0.15, -0.1) is 0 Å². The third-order valence-electron chi connectivity index (χ3n) is 0.347. The van der Waals surface area contributed by atoms with Gasteiger partial charge in [-0.3, -0.25) is 0 Å². The summed E-state index contributed by atoms with van der Waals surface area (Å²) in [5, 5.41) is 0. The lowest BCUT2D eigenvalue weighted by Gasteiger charge is -1.47. The van der Waals surface area contributed by atoms with E-state index in [1.807, 2.05) is 0 Å². The molecule has 0 N–H and O–H groups in total. The van der Waals surface area contributed by atoms with Gasteiger partial charge in [0.05, 0.1) is 6.20 Å². The van der Waals surface area contributed by atoms with Crippen molar-refractivity contribution in [3.05, 3.63) is 18.9 Å². The first kappa shape index (κ1) is 7.39. The fraction of sp³-hybridized carbons (Fsp3) is 0. The molecule has 0 amide bonds. The normalized spacial score (nSPS) is 7.25. The maximum absolute atomic E-state index is 9.56. The number of aromatic nitrogens is 1. The summed E-state index contributed by atoms with van der Waals surface area (Å²) < 4.78 is 16.3. The van der Waals surface area contributed by atoms with Gasteiger partial charge in [0.25, 0.3) is 0 Å². The topological polar surface area (TPSA) is 35.3 Å². The third-order valence-corrected chi connectivity index (χ3v) is 0.347. The molecule has 1 aromatic rings. The van der Waals surface area contributed by atoms with Crippen LogP contribution in [-0.2, 0) is 4.49 Å². The van der Waals surface area contributed by atoms with Gasteiger partial charge in [0.2, 0.25) is 0 Å². The Balaban J connectivity index is 0.000000145. The Morgan fingerprint density at radius 1 is 1.75 bits per heavy atom. The number of oxazole rings is 1. The van der Waals surface area contributed by atoms with Crippen molar-refractivity contribution in [2.75, 3.05) is 0 Å². The van der Waals surface area contributed by atoms with E-state index in [9.17, 15) is 4.53 Å². The van der Waals surface area contributed by atoms with Crippen LogP contribution in [0, 0.1) is 0 Å². The molecule has 1 rings (SSSR count). The first-order valence-electron chi connectivity index (χ1n) is 1.63. The summed E-state index contributed by atoms with van der Waals surface area (Å²) in [6.45, 7) is 0. The molecule has 0 aromatic carbocycles. The van der Waals surface area contributed by atoms with Crippen LogP contribution in [-0.4, -0.2) is 4.98 Å². The summed E-state index contributed by atoms with van der Waals surface area (Å²) >= 11 is 3.83. The highest BCUT2D eigenvalue weighted by atomic mass is 35.5. The second-order valence-electron chi connectivity index (χ2n) is 0.734. The Morgan fingerprint density at radius 2 is 2.38 bits per heavy atom. The third kappa shape index (κ3) is 5.39. The van der Waals surface area contributed by atoms with Crippen LogP contribution in [0.4, 0.5) is 4.53 Å². The summed E-state index contributed by atoms with van der Waals surface area (Å²) in [7, 11) is 0. The number of rotatable bonds is 0. The highest BCUT2D eigenvalue weighted by Crippen LogP contribution is 1.72. The standard InChI is InChI=1S/C3H3NO.ClFO/c1-2-5-3-4-1;1-3-2/h1-3H;. The van der Waals surface area contributed by atoms with E-state index in [1.54, 1.807) is 6.20 Å². The quantitative estimate of drug-likeness (QED) is 0.549. The average molecular weight is 140 g/mol. The van der Waals surface area contributed by atoms with Crippen molar-refractivity contribution in [3.63, 3.8) is 0 Å². The average Bonchev–Trinajstić information content (AvgIpc) is 2.17. The zero-order valence-electron chi connectivity index (χ0n) is 3.75. The summed E-state index contributed by atoms with van der Waals surface area (Å²) in [4.78, 5) is 3.56. The molecule has 0 atom stereocenters. The Kier molecular flexibility index (Phi) is 5.90. The molecule has 0 aliphatic carbocycles. The highest BCUT2D eigenvalue weighted by molar-refractivity contribution is 6.06. The maximum Gasteiger partial charge on any atom is 0.180 e. The van der Waals surface area contributed by atoms with Gasteiger partial charge in [0, 0.05) is 0 Å². The molecule has 0 saturated carbocycles. The predicted octanol–water partition coefficient (Wildman–Crippen LogP) is 1.72. The summed E-state index contributed by atoms with van der Waals surface area (Å²) in [6, 6.07) is 0. The second kappa shape index (κ2) is 6.39.